The standard InChI is InChI=1S/C13H14F3NO3/c1-13(2,3)10(12(19)20)17-11(18)9-7(15)4-6(14)5-8(9)16/h4-5,10H,1-3H3,(H,17,18)(H,19,20). The predicted octanol–water partition coefficient (Wildman–Crippen LogP) is 2.33. The molecule has 1 unspecified atom stereocenters. The molecule has 0 saturated carbocycles. The summed E-state index contributed by atoms with van der Waals surface area (Å²) in [5.74, 6) is -6.53. The van der Waals surface area contributed by atoms with Crippen molar-refractivity contribution in [3.8, 4) is 0 Å². The summed E-state index contributed by atoms with van der Waals surface area (Å²) < 4.78 is 39.6. The Labute approximate surface area is 113 Å². The third kappa shape index (κ3) is 3.49. The van der Waals surface area contributed by atoms with Crippen LogP contribution in [0.15, 0.2) is 12.1 Å². The quantitative estimate of drug-likeness (QED) is 0.897. The van der Waals surface area contributed by atoms with E-state index in [4.69, 9.17) is 5.11 Å². The predicted molar refractivity (Wildman–Crippen MR) is 64.7 cm³/mol. The molecule has 0 radical (unpaired) electrons. The number of carbonyl (C=O) groups excluding carboxylic acids is 1. The fourth-order valence-corrected chi connectivity index (χ4v) is 1.61. The number of halogens is 3. The normalized spacial score (nSPS) is 12.9. The topological polar surface area (TPSA) is 66.4 Å². The van der Waals surface area contributed by atoms with E-state index in [1.54, 1.807) is 20.8 Å². The lowest BCUT2D eigenvalue weighted by molar-refractivity contribution is -0.142. The number of carboxylic acids is 1. The Hall–Kier alpha value is -2.05. The first-order valence-corrected chi connectivity index (χ1v) is 5.72. The molecule has 0 spiro atoms. The van der Waals surface area contributed by atoms with Gasteiger partial charge in [-0.05, 0) is 5.41 Å². The van der Waals surface area contributed by atoms with E-state index < -0.39 is 46.3 Å². The van der Waals surface area contributed by atoms with E-state index in [2.05, 4.69) is 0 Å². The maximum atomic E-state index is 13.4. The summed E-state index contributed by atoms with van der Waals surface area (Å²) in [7, 11) is 0. The molecule has 20 heavy (non-hydrogen) atoms. The van der Waals surface area contributed by atoms with Crippen LogP contribution in [0.4, 0.5) is 13.2 Å². The van der Waals surface area contributed by atoms with Crippen LogP contribution in [-0.4, -0.2) is 23.0 Å². The highest BCUT2D eigenvalue weighted by Gasteiger charge is 2.34. The number of benzene rings is 1. The van der Waals surface area contributed by atoms with Crippen molar-refractivity contribution in [2.24, 2.45) is 5.41 Å². The second kappa shape index (κ2) is 5.52. The third-order valence-electron chi connectivity index (χ3n) is 2.62. The number of amides is 1. The first-order valence-electron chi connectivity index (χ1n) is 5.72. The van der Waals surface area contributed by atoms with E-state index in [0.717, 1.165) is 0 Å². The molecule has 0 aromatic heterocycles. The minimum atomic E-state index is -1.39. The Balaban J connectivity index is 3.11. The van der Waals surface area contributed by atoms with Crippen molar-refractivity contribution in [3.63, 3.8) is 0 Å². The Morgan fingerprint density at radius 1 is 1.15 bits per heavy atom. The number of aliphatic carboxylic acids is 1. The molecule has 1 atom stereocenters. The van der Waals surface area contributed by atoms with Gasteiger partial charge in [-0.15, -0.1) is 0 Å². The molecule has 0 heterocycles. The lowest BCUT2D eigenvalue weighted by Gasteiger charge is -2.27. The fraction of sp³-hybridized carbons (Fsp3) is 0.385. The molecule has 0 aliphatic carbocycles. The van der Waals surface area contributed by atoms with Gasteiger partial charge in [0.15, 0.2) is 0 Å². The molecule has 0 fully saturated rings. The molecule has 0 bridgehead atoms. The summed E-state index contributed by atoms with van der Waals surface area (Å²) in [6.07, 6.45) is 0. The Bertz CT molecular complexity index is 529. The van der Waals surface area contributed by atoms with E-state index in [9.17, 15) is 22.8 Å². The van der Waals surface area contributed by atoms with Crippen molar-refractivity contribution in [2.45, 2.75) is 26.8 Å². The highest BCUT2D eigenvalue weighted by molar-refractivity contribution is 5.97. The van der Waals surface area contributed by atoms with E-state index in [0.29, 0.717) is 12.1 Å². The van der Waals surface area contributed by atoms with Crippen LogP contribution in [0.2, 0.25) is 0 Å². The molecule has 0 saturated heterocycles. The van der Waals surface area contributed by atoms with Crippen molar-refractivity contribution < 1.29 is 27.9 Å². The van der Waals surface area contributed by atoms with E-state index >= 15 is 0 Å². The molecule has 1 amide bonds. The van der Waals surface area contributed by atoms with Gasteiger partial charge >= 0.3 is 5.97 Å². The van der Waals surface area contributed by atoms with Crippen molar-refractivity contribution >= 4 is 11.9 Å². The summed E-state index contributed by atoms with van der Waals surface area (Å²) in [6.45, 7) is 4.64. The van der Waals surface area contributed by atoms with Crippen LogP contribution in [0.1, 0.15) is 31.1 Å². The SMILES string of the molecule is CC(C)(C)C(NC(=O)c1c(F)cc(F)cc1F)C(=O)O. The molecule has 4 nitrogen and oxygen atoms in total. The Kier molecular flexibility index (Phi) is 4.42. The Morgan fingerprint density at radius 2 is 1.60 bits per heavy atom. The van der Waals surface area contributed by atoms with Crippen LogP contribution >= 0.6 is 0 Å². The van der Waals surface area contributed by atoms with Gasteiger partial charge in [-0.25, -0.2) is 18.0 Å². The highest BCUT2D eigenvalue weighted by atomic mass is 19.1. The number of carboxylic acid groups (broad SMARTS) is 1. The van der Waals surface area contributed by atoms with Crippen LogP contribution in [-0.2, 0) is 4.79 Å². The van der Waals surface area contributed by atoms with Gasteiger partial charge in [-0.1, -0.05) is 20.8 Å². The number of rotatable bonds is 3. The third-order valence-corrected chi connectivity index (χ3v) is 2.62. The molecule has 0 aliphatic heterocycles. The van der Waals surface area contributed by atoms with Gasteiger partial charge in [0.05, 0.1) is 0 Å². The van der Waals surface area contributed by atoms with Gasteiger partial charge in [-0.2, -0.15) is 0 Å². The van der Waals surface area contributed by atoms with Gasteiger partial charge in [0.1, 0.15) is 29.1 Å². The van der Waals surface area contributed by atoms with Gasteiger partial charge in [0, 0.05) is 12.1 Å². The van der Waals surface area contributed by atoms with E-state index in [1.807, 2.05) is 5.32 Å². The molecule has 2 N–H and O–H groups in total. The maximum Gasteiger partial charge on any atom is 0.326 e. The summed E-state index contributed by atoms with van der Waals surface area (Å²) >= 11 is 0. The molecule has 0 aliphatic rings. The lowest BCUT2D eigenvalue weighted by atomic mass is 9.86. The zero-order valence-corrected chi connectivity index (χ0v) is 11.1. The molecule has 110 valence electrons. The van der Waals surface area contributed by atoms with E-state index in [-0.39, 0.29) is 0 Å². The van der Waals surface area contributed by atoms with Gasteiger partial charge in [-0.3, -0.25) is 4.79 Å². The van der Waals surface area contributed by atoms with Crippen LogP contribution in [0.3, 0.4) is 0 Å². The molecular weight excluding hydrogens is 275 g/mol. The number of hydrogen-bond acceptors (Lipinski definition) is 2. The first kappa shape index (κ1) is 16.0. The van der Waals surface area contributed by atoms with Crippen LogP contribution in [0, 0.1) is 22.9 Å². The monoisotopic (exact) mass is 289 g/mol. The van der Waals surface area contributed by atoms with Gasteiger partial charge in [0.25, 0.3) is 5.91 Å². The molecule has 1 aromatic rings. The molecular formula is C13H14F3NO3. The fourth-order valence-electron chi connectivity index (χ4n) is 1.61. The molecule has 7 heteroatoms. The summed E-state index contributed by atoms with van der Waals surface area (Å²) in [5.41, 5.74) is -1.88. The van der Waals surface area contributed by atoms with Crippen molar-refractivity contribution in [2.75, 3.05) is 0 Å². The first-order chi connectivity index (χ1) is 9.04. The lowest BCUT2D eigenvalue weighted by Crippen LogP contribution is -2.49. The smallest absolute Gasteiger partial charge is 0.326 e. The van der Waals surface area contributed by atoms with Gasteiger partial charge in [0.2, 0.25) is 0 Å². The largest absolute Gasteiger partial charge is 0.480 e. The van der Waals surface area contributed by atoms with E-state index in [1.165, 1.54) is 0 Å². The zero-order chi connectivity index (χ0) is 15.7. The number of carbonyl (C=O) groups is 2. The van der Waals surface area contributed by atoms with Crippen molar-refractivity contribution in [1.82, 2.24) is 5.32 Å². The summed E-state index contributed by atoms with van der Waals surface area (Å²) in [5, 5.41) is 11.1. The second-order valence-corrected chi connectivity index (χ2v) is 5.36. The highest BCUT2D eigenvalue weighted by Crippen LogP contribution is 2.21. The van der Waals surface area contributed by atoms with Crippen LogP contribution in [0.5, 0.6) is 0 Å². The Morgan fingerprint density at radius 3 is 1.95 bits per heavy atom. The second-order valence-electron chi connectivity index (χ2n) is 5.36. The zero-order valence-electron chi connectivity index (χ0n) is 11.1. The van der Waals surface area contributed by atoms with Crippen LogP contribution < -0.4 is 5.32 Å². The maximum absolute atomic E-state index is 13.4. The van der Waals surface area contributed by atoms with Crippen molar-refractivity contribution in [3.05, 3.63) is 35.1 Å². The molecule has 1 aromatic carbocycles. The average molecular weight is 289 g/mol. The van der Waals surface area contributed by atoms with Crippen LogP contribution in [0.25, 0.3) is 0 Å². The average Bonchev–Trinajstić information content (AvgIpc) is 2.22. The minimum absolute atomic E-state index is 0.352. The molecule has 1 rings (SSSR count). The van der Waals surface area contributed by atoms with Gasteiger partial charge < -0.3 is 10.4 Å². The number of nitrogens with one attached hydrogen (secondary N) is 1. The number of hydrogen-bond donors (Lipinski definition) is 2. The summed E-state index contributed by atoms with van der Waals surface area (Å²) in [4.78, 5) is 22.9. The van der Waals surface area contributed by atoms with Crippen molar-refractivity contribution in [1.29, 1.82) is 0 Å². The summed E-state index contributed by atoms with van der Waals surface area (Å²) in [6, 6.07) is -0.644. The minimum Gasteiger partial charge on any atom is -0.480 e.